The summed E-state index contributed by atoms with van der Waals surface area (Å²) >= 11 is 0. The highest BCUT2D eigenvalue weighted by molar-refractivity contribution is 5.87. The lowest BCUT2D eigenvalue weighted by Gasteiger charge is -2.31. The zero-order valence-corrected chi connectivity index (χ0v) is 17.0. The van der Waals surface area contributed by atoms with Crippen LogP contribution in [-0.2, 0) is 13.0 Å². The van der Waals surface area contributed by atoms with Gasteiger partial charge in [-0.3, -0.25) is 4.90 Å². The molecule has 2 heterocycles. The highest BCUT2D eigenvalue weighted by atomic mass is 16.3. The van der Waals surface area contributed by atoms with E-state index in [0.29, 0.717) is 0 Å². The average Bonchev–Trinajstić information content (AvgIpc) is 3.24. The van der Waals surface area contributed by atoms with Gasteiger partial charge in [0, 0.05) is 5.56 Å². The van der Waals surface area contributed by atoms with Gasteiger partial charge in [0.15, 0.2) is 5.82 Å². The van der Waals surface area contributed by atoms with Gasteiger partial charge in [-0.15, -0.1) is 10.2 Å². The molecule has 5 nitrogen and oxygen atoms in total. The zero-order chi connectivity index (χ0) is 20.3. The number of nitrogens with zero attached hydrogens (tertiary/aromatic N) is 3. The molecule has 0 spiro atoms. The summed E-state index contributed by atoms with van der Waals surface area (Å²) in [7, 11) is 0. The first-order valence-electron chi connectivity index (χ1n) is 10.6. The highest BCUT2D eigenvalue weighted by Gasteiger charge is 2.20. The van der Waals surface area contributed by atoms with E-state index in [2.05, 4.69) is 56.5 Å². The van der Waals surface area contributed by atoms with Gasteiger partial charge in [0.25, 0.3) is 0 Å². The van der Waals surface area contributed by atoms with Gasteiger partial charge in [0.1, 0.15) is 11.6 Å². The molecular weight excluding hydrogens is 372 g/mol. The molecule has 0 saturated carbocycles. The van der Waals surface area contributed by atoms with E-state index in [0.717, 1.165) is 53.5 Å². The van der Waals surface area contributed by atoms with Gasteiger partial charge >= 0.3 is 0 Å². The lowest BCUT2D eigenvalue weighted by Crippen LogP contribution is -2.34. The van der Waals surface area contributed by atoms with Gasteiger partial charge in [0.05, 0.1) is 6.54 Å². The minimum Gasteiger partial charge on any atom is -0.508 e. The maximum absolute atomic E-state index is 9.63. The van der Waals surface area contributed by atoms with E-state index in [1.807, 2.05) is 18.2 Å². The Morgan fingerprint density at radius 3 is 2.50 bits per heavy atom. The van der Waals surface area contributed by atoms with Crippen molar-refractivity contribution < 1.29 is 5.11 Å². The molecule has 4 aromatic rings. The lowest BCUT2D eigenvalue weighted by atomic mass is 9.90. The van der Waals surface area contributed by atoms with Crippen LogP contribution in [0.15, 0.2) is 66.7 Å². The third kappa shape index (κ3) is 4.21. The molecule has 0 aliphatic carbocycles. The molecular formula is C25H26N4O. The predicted molar refractivity (Wildman–Crippen MR) is 119 cm³/mol. The normalized spacial score (nSPS) is 15.6. The molecule has 1 aromatic heterocycles. The van der Waals surface area contributed by atoms with E-state index >= 15 is 0 Å². The molecule has 5 heteroatoms. The number of hydrogen-bond donors (Lipinski definition) is 2. The molecule has 0 bridgehead atoms. The summed E-state index contributed by atoms with van der Waals surface area (Å²) in [5.74, 6) is 2.76. The minimum atomic E-state index is 0.282. The number of fused-ring (bicyclic) bond motifs is 1. The van der Waals surface area contributed by atoms with Gasteiger partial charge < -0.3 is 10.1 Å². The molecule has 1 fully saturated rings. The summed E-state index contributed by atoms with van der Waals surface area (Å²) in [6.07, 6.45) is 3.64. The molecule has 0 amide bonds. The number of hydrogen-bond acceptors (Lipinski definition) is 4. The Morgan fingerprint density at radius 2 is 1.67 bits per heavy atom. The fraction of sp³-hybridized carbons (Fsp3) is 0.280. The molecule has 1 aliphatic heterocycles. The van der Waals surface area contributed by atoms with E-state index < -0.39 is 0 Å². The topological polar surface area (TPSA) is 65.0 Å². The summed E-state index contributed by atoms with van der Waals surface area (Å²) in [5, 5.41) is 20.5. The lowest BCUT2D eigenvalue weighted by molar-refractivity contribution is 0.173. The predicted octanol–water partition coefficient (Wildman–Crippen LogP) is 4.79. The van der Waals surface area contributed by atoms with Gasteiger partial charge in [-0.1, -0.05) is 48.5 Å². The van der Waals surface area contributed by atoms with Gasteiger partial charge in [0.2, 0.25) is 0 Å². The fourth-order valence-corrected chi connectivity index (χ4v) is 4.39. The van der Waals surface area contributed by atoms with Crippen molar-refractivity contribution in [2.75, 3.05) is 13.1 Å². The van der Waals surface area contributed by atoms with Crippen LogP contribution in [0.5, 0.6) is 5.75 Å². The number of aromatic amines is 1. The maximum Gasteiger partial charge on any atom is 0.161 e. The third-order valence-corrected chi connectivity index (χ3v) is 6.08. The number of phenols is 1. The molecule has 152 valence electrons. The Hall–Kier alpha value is -3.18. The van der Waals surface area contributed by atoms with E-state index in [1.54, 1.807) is 12.1 Å². The molecule has 1 saturated heterocycles. The highest BCUT2D eigenvalue weighted by Crippen LogP contribution is 2.26. The number of aromatic hydroxyl groups is 1. The van der Waals surface area contributed by atoms with Crippen molar-refractivity contribution in [1.29, 1.82) is 0 Å². The van der Waals surface area contributed by atoms with E-state index in [1.165, 1.54) is 24.8 Å². The number of H-pyrrole nitrogens is 1. The van der Waals surface area contributed by atoms with Gasteiger partial charge in [-0.25, -0.2) is 0 Å². The second kappa shape index (κ2) is 8.28. The summed E-state index contributed by atoms with van der Waals surface area (Å²) < 4.78 is 0. The standard InChI is InChI=1S/C25H26N4O/c30-23-9-8-20-15-22(7-6-21(20)16-23)25-26-24(27-28-25)17-29-12-10-19(11-13-29)14-18-4-2-1-3-5-18/h1-9,15-16,19,30H,10-14,17H2,(H,26,27,28). The van der Waals surface area contributed by atoms with E-state index in [9.17, 15) is 5.11 Å². The molecule has 2 N–H and O–H groups in total. The van der Waals surface area contributed by atoms with Crippen molar-refractivity contribution in [3.05, 3.63) is 78.1 Å². The minimum absolute atomic E-state index is 0.282. The maximum atomic E-state index is 9.63. The molecule has 0 atom stereocenters. The number of aromatic nitrogens is 3. The van der Waals surface area contributed by atoms with Crippen LogP contribution in [0.3, 0.4) is 0 Å². The van der Waals surface area contributed by atoms with Crippen molar-refractivity contribution in [2.45, 2.75) is 25.8 Å². The second-order valence-electron chi connectivity index (χ2n) is 8.28. The van der Waals surface area contributed by atoms with Gasteiger partial charge in [-0.05, 0) is 72.8 Å². The average molecular weight is 399 g/mol. The number of nitrogens with one attached hydrogen (secondary N) is 1. The van der Waals surface area contributed by atoms with Crippen LogP contribution in [0, 0.1) is 5.92 Å². The van der Waals surface area contributed by atoms with Crippen LogP contribution in [-0.4, -0.2) is 38.3 Å². The Labute approximate surface area is 176 Å². The summed E-state index contributed by atoms with van der Waals surface area (Å²) in [6.45, 7) is 3.02. The molecule has 1 aliphatic rings. The number of phenolic OH excluding ortho intramolecular Hbond substituents is 1. The van der Waals surface area contributed by atoms with E-state index in [-0.39, 0.29) is 5.75 Å². The third-order valence-electron chi connectivity index (χ3n) is 6.08. The quantitative estimate of drug-likeness (QED) is 0.508. The first-order valence-corrected chi connectivity index (χ1v) is 10.6. The van der Waals surface area contributed by atoms with Crippen LogP contribution >= 0.6 is 0 Å². The van der Waals surface area contributed by atoms with Crippen LogP contribution in [0.25, 0.3) is 22.2 Å². The first-order chi connectivity index (χ1) is 14.7. The van der Waals surface area contributed by atoms with Crippen LogP contribution in [0.1, 0.15) is 24.2 Å². The Balaban J connectivity index is 1.20. The summed E-state index contributed by atoms with van der Waals surface area (Å²) in [5.41, 5.74) is 2.45. The van der Waals surface area contributed by atoms with E-state index in [4.69, 9.17) is 0 Å². The Morgan fingerprint density at radius 1 is 0.900 bits per heavy atom. The zero-order valence-electron chi connectivity index (χ0n) is 17.0. The molecule has 3 aromatic carbocycles. The van der Waals surface area contributed by atoms with Crippen molar-refractivity contribution >= 4 is 10.8 Å². The molecule has 0 radical (unpaired) electrons. The van der Waals surface area contributed by atoms with Crippen LogP contribution < -0.4 is 0 Å². The summed E-state index contributed by atoms with van der Waals surface area (Å²) in [4.78, 5) is 5.86. The van der Waals surface area contributed by atoms with Crippen LogP contribution in [0.2, 0.25) is 0 Å². The Bertz CT molecular complexity index is 1130. The van der Waals surface area contributed by atoms with Gasteiger partial charge in [-0.2, -0.15) is 0 Å². The SMILES string of the molecule is Oc1ccc2cc(-c3nnc(CN4CCC(Cc5ccccc5)CC4)[nH]3)ccc2c1. The van der Waals surface area contributed by atoms with Crippen molar-refractivity contribution in [3.8, 4) is 17.1 Å². The first kappa shape index (κ1) is 18.8. The van der Waals surface area contributed by atoms with Crippen molar-refractivity contribution in [3.63, 3.8) is 0 Å². The number of piperidine rings is 1. The monoisotopic (exact) mass is 398 g/mol. The summed E-state index contributed by atoms with van der Waals surface area (Å²) in [6, 6.07) is 22.3. The fourth-order valence-electron chi connectivity index (χ4n) is 4.39. The largest absolute Gasteiger partial charge is 0.508 e. The molecule has 5 rings (SSSR count). The Kier molecular flexibility index (Phi) is 5.20. The smallest absolute Gasteiger partial charge is 0.161 e. The number of rotatable bonds is 5. The number of benzene rings is 3. The number of likely N-dealkylation sites (tertiary alicyclic amines) is 1. The second-order valence-corrected chi connectivity index (χ2v) is 8.28. The van der Waals surface area contributed by atoms with Crippen molar-refractivity contribution in [2.24, 2.45) is 5.92 Å². The van der Waals surface area contributed by atoms with Crippen molar-refractivity contribution in [1.82, 2.24) is 20.1 Å². The van der Waals surface area contributed by atoms with Crippen LogP contribution in [0.4, 0.5) is 0 Å². The molecule has 30 heavy (non-hydrogen) atoms. The molecule has 0 unspecified atom stereocenters.